The molecule has 172 valence electrons. The van der Waals surface area contributed by atoms with E-state index in [1.165, 1.54) is 0 Å². The molecule has 0 bridgehead atoms. The Balaban J connectivity index is 1.49. The number of guanidine groups is 1. The van der Waals surface area contributed by atoms with Crippen LogP contribution in [0.15, 0.2) is 107 Å². The predicted molar refractivity (Wildman–Crippen MR) is 135 cm³/mol. The second-order valence-electron chi connectivity index (χ2n) is 7.23. The van der Waals surface area contributed by atoms with Crippen LogP contribution in [0.5, 0.6) is 5.75 Å². The quantitative estimate of drug-likeness (QED) is 0.266. The molecule has 0 saturated heterocycles. The van der Waals surface area contributed by atoms with Gasteiger partial charge in [-0.1, -0.05) is 42.5 Å². The number of aromatic nitrogens is 1. The highest BCUT2D eigenvalue weighted by Gasteiger charge is 2.13. The zero-order valence-electron chi connectivity index (χ0n) is 18.3. The van der Waals surface area contributed by atoms with Crippen LogP contribution in [0.25, 0.3) is 11.1 Å². The van der Waals surface area contributed by atoms with Gasteiger partial charge < -0.3 is 15.8 Å². The number of hydrogen-bond acceptors (Lipinski definition) is 5. The second kappa shape index (κ2) is 10.1. The number of anilines is 2. The van der Waals surface area contributed by atoms with Crippen LogP contribution in [-0.2, 0) is 10.0 Å². The van der Waals surface area contributed by atoms with E-state index in [1.54, 1.807) is 67.9 Å². The molecule has 0 aliphatic rings. The van der Waals surface area contributed by atoms with E-state index in [1.807, 2.05) is 36.4 Å². The lowest BCUT2D eigenvalue weighted by atomic mass is 10.1. The molecule has 0 amide bonds. The molecule has 0 spiro atoms. The van der Waals surface area contributed by atoms with Crippen LogP contribution in [0.3, 0.4) is 0 Å². The summed E-state index contributed by atoms with van der Waals surface area (Å²) in [6.45, 7) is 0. The van der Waals surface area contributed by atoms with E-state index in [4.69, 9.17) is 10.5 Å². The van der Waals surface area contributed by atoms with Crippen molar-refractivity contribution in [2.75, 3.05) is 17.1 Å². The fraction of sp³-hybridized carbons (Fsp3) is 0.0400. The maximum atomic E-state index is 12.6. The van der Waals surface area contributed by atoms with Crippen molar-refractivity contribution in [2.45, 2.75) is 4.90 Å². The first-order valence-electron chi connectivity index (χ1n) is 10.3. The summed E-state index contributed by atoms with van der Waals surface area (Å²) < 4.78 is 33.1. The Morgan fingerprint density at radius 1 is 0.912 bits per heavy atom. The Bertz CT molecular complexity index is 1410. The summed E-state index contributed by atoms with van der Waals surface area (Å²) in [7, 11) is -2.10. The van der Waals surface area contributed by atoms with Crippen molar-refractivity contribution in [3.8, 4) is 16.9 Å². The molecule has 3 aromatic carbocycles. The number of methoxy groups -OCH3 is 1. The summed E-state index contributed by atoms with van der Waals surface area (Å²) in [4.78, 5) is 8.84. The first kappa shape index (κ1) is 22.8. The molecule has 0 saturated carbocycles. The van der Waals surface area contributed by atoms with Gasteiger partial charge in [0.15, 0.2) is 11.8 Å². The monoisotopic (exact) mass is 473 g/mol. The first-order valence-corrected chi connectivity index (χ1v) is 11.8. The van der Waals surface area contributed by atoms with Gasteiger partial charge in [-0.2, -0.15) is 4.99 Å². The second-order valence-corrected chi connectivity index (χ2v) is 8.91. The number of aliphatic imine (C=N–C) groups is 1. The molecule has 0 fully saturated rings. The topological polar surface area (TPSA) is 119 Å². The summed E-state index contributed by atoms with van der Waals surface area (Å²) in [5.74, 6) is 1.23. The highest BCUT2D eigenvalue weighted by Crippen LogP contribution is 2.26. The number of para-hydroxylation sites is 2. The summed E-state index contributed by atoms with van der Waals surface area (Å²) in [6, 6.07) is 26.2. The van der Waals surface area contributed by atoms with E-state index in [0.29, 0.717) is 22.9 Å². The minimum Gasteiger partial charge on any atom is -0.495 e. The molecule has 1 heterocycles. The molecule has 4 rings (SSSR count). The molecule has 4 N–H and O–H groups in total. The van der Waals surface area contributed by atoms with Gasteiger partial charge in [-0.05, 0) is 54.1 Å². The Labute approximate surface area is 198 Å². The van der Waals surface area contributed by atoms with Crippen LogP contribution in [0.1, 0.15) is 0 Å². The third-order valence-electron chi connectivity index (χ3n) is 4.85. The number of pyridine rings is 1. The summed E-state index contributed by atoms with van der Waals surface area (Å²) >= 11 is 0. The van der Waals surface area contributed by atoms with Crippen molar-refractivity contribution in [3.05, 3.63) is 97.2 Å². The van der Waals surface area contributed by atoms with Crippen molar-refractivity contribution in [1.82, 2.24) is 4.98 Å². The molecule has 0 aliphatic carbocycles. The van der Waals surface area contributed by atoms with Crippen molar-refractivity contribution in [2.24, 2.45) is 10.7 Å². The number of ether oxygens (including phenoxy) is 1. The normalized spacial score (nSPS) is 11.6. The van der Waals surface area contributed by atoms with Gasteiger partial charge in [-0.3, -0.25) is 4.72 Å². The summed E-state index contributed by atoms with van der Waals surface area (Å²) in [6.07, 6.45) is 1.65. The van der Waals surface area contributed by atoms with Gasteiger partial charge in [0.05, 0.1) is 17.7 Å². The SMILES string of the molecule is COc1ccccc1NC(N)=Nc1ccc(-c2cccc(NS(=O)(=O)c3ccccc3)c2)cn1. The largest absolute Gasteiger partial charge is 0.495 e. The van der Waals surface area contributed by atoms with E-state index in [2.05, 4.69) is 20.0 Å². The highest BCUT2D eigenvalue weighted by molar-refractivity contribution is 7.92. The Morgan fingerprint density at radius 2 is 1.68 bits per heavy atom. The van der Waals surface area contributed by atoms with Gasteiger partial charge in [-0.15, -0.1) is 0 Å². The van der Waals surface area contributed by atoms with Gasteiger partial charge in [0.25, 0.3) is 10.0 Å². The fourth-order valence-corrected chi connectivity index (χ4v) is 4.31. The van der Waals surface area contributed by atoms with E-state index >= 15 is 0 Å². The van der Waals surface area contributed by atoms with Crippen LogP contribution >= 0.6 is 0 Å². The molecule has 9 heteroatoms. The van der Waals surface area contributed by atoms with Gasteiger partial charge in [0.1, 0.15) is 5.75 Å². The van der Waals surface area contributed by atoms with Gasteiger partial charge >= 0.3 is 0 Å². The zero-order valence-corrected chi connectivity index (χ0v) is 19.2. The lowest BCUT2D eigenvalue weighted by Gasteiger charge is -2.10. The average Bonchev–Trinajstić information content (AvgIpc) is 2.85. The third-order valence-corrected chi connectivity index (χ3v) is 6.25. The number of hydrogen-bond donors (Lipinski definition) is 3. The minimum atomic E-state index is -3.68. The highest BCUT2D eigenvalue weighted by atomic mass is 32.2. The van der Waals surface area contributed by atoms with Crippen LogP contribution in [0, 0.1) is 0 Å². The molecular formula is C25H23N5O3S. The lowest BCUT2D eigenvalue weighted by molar-refractivity contribution is 0.417. The molecule has 1 aromatic heterocycles. The van der Waals surface area contributed by atoms with Gasteiger partial charge in [-0.25, -0.2) is 13.4 Å². The fourth-order valence-electron chi connectivity index (χ4n) is 3.24. The molecule has 0 atom stereocenters. The maximum absolute atomic E-state index is 12.6. The smallest absolute Gasteiger partial charge is 0.261 e. The Hall–Kier alpha value is -4.37. The number of sulfonamides is 1. The van der Waals surface area contributed by atoms with Crippen LogP contribution in [0.2, 0.25) is 0 Å². The maximum Gasteiger partial charge on any atom is 0.261 e. The van der Waals surface area contributed by atoms with Gasteiger partial charge in [0.2, 0.25) is 0 Å². The number of rotatable bonds is 7. The summed E-state index contributed by atoms with van der Waals surface area (Å²) in [5.41, 5.74) is 8.76. The number of nitrogens with one attached hydrogen (secondary N) is 2. The van der Waals surface area contributed by atoms with E-state index < -0.39 is 10.0 Å². The first-order chi connectivity index (χ1) is 16.4. The molecule has 0 aliphatic heterocycles. The average molecular weight is 474 g/mol. The zero-order chi connectivity index (χ0) is 24.0. The van der Waals surface area contributed by atoms with Crippen molar-refractivity contribution >= 4 is 33.2 Å². The van der Waals surface area contributed by atoms with Crippen LogP contribution in [-0.4, -0.2) is 26.5 Å². The lowest BCUT2D eigenvalue weighted by Crippen LogP contribution is -2.22. The Morgan fingerprint density at radius 3 is 2.41 bits per heavy atom. The van der Waals surface area contributed by atoms with Gasteiger partial charge in [0, 0.05) is 17.4 Å². The van der Waals surface area contributed by atoms with Crippen molar-refractivity contribution in [3.63, 3.8) is 0 Å². The van der Waals surface area contributed by atoms with Crippen molar-refractivity contribution in [1.29, 1.82) is 0 Å². The number of nitrogens with two attached hydrogens (primary N) is 1. The van der Waals surface area contributed by atoms with Crippen LogP contribution in [0.4, 0.5) is 17.2 Å². The number of benzene rings is 3. The molecule has 8 nitrogen and oxygen atoms in total. The predicted octanol–water partition coefficient (Wildman–Crippen LogP) is 4.62. The molecule has 0 radical (unpaired) electrons. The molecule has 0 unspecified atom stereocenters. The standard InChI is InChI=1S/C25H23N5O3S/c1-33-23-13-6-5-12-22(23)28-25(26)29-24-15-14-19(17-27-24)18-8-7-9-20(16-18)30-34(31,32)21-10-3-2-4-11-21/h2-17,30H,1H3,(H3,26,27,28,29). The van der Waals surface area contributed by atoms with E-state index in [9.17, 15) is 8.42 Å². The molecule has 34 heavy (non-hydrogen) atoms. The van der Waals surface area contributed by atoms with E-state index in [0.717, 1.165) is 11.1 Å². The van der Waals surface area contributed by atoms with E-state index in [-0.39, 0.29) is 10.9 Å². The van der Waals surface area contributed by atoms with Crippen molar-refractivity contribution < 1.29 is 13.2 Å². The Kier molecular flexibility index (Phi) is 6.74. The minimum absolute atomic E-state index is 0.169. The summed E-state index contributed by atoms with van der Waals surface area (Å²) in [5, 5.41) is 3.00. The van der Waals surface area contributed by atoms with Crippen LogP contribution < -0.4 is 20.5 Å². The molecule has 4 aromatic rings. The molecular weight excluding hydrogens is 450 g/mol. The third kappa shape index (κ3) is 5.51. The number of nitrogens with zero attached hydrogens (tertiary/aromatic N) is 2.